The standard InChI is InChI=1S/C11H17N5/c1-4-5-9-13-6-7-16(9)11-10(12)8(2)14-15(11)3/h6-7H,4-5,12H2,1-3H3. The second-order valence-corrected chi connectivity index (χ2v) is 3.91. The molecule has 0 saturated carbocycles. The lowest BCUT2D eigenvalue weighted by atomic mass is 10.3. The van der Waals surface area contributed by atoms with Gasteiger partial charge in [0.1, 0.15) is 5.82 Å². The van der Waals surface area contributed by atoms with Gasteiger partial charge in [-0.3, -0.25) is 4.57 Å². The molecule has 0 atom stereocenters. The van der Waals surface area contributed by atoms with Crippen LogP contribution in [0.4, 0.5) is 5.69 Å². The van der Waals surface area contributed by atoms with Gasteiger partial charge in [0.25, 0.3) is 0 Å². The fourth-order valence-corrected chi connectivity index (χ4v) is 1.88. The average Bonchev–Trinajstić information content (AvgIpc) is 2.75. The van der Waals surface area contributed by atoms with Crippen LogP contribution in [0, 0.1) is 6.92 Å². The van der Waals surface area contributed by atoms with Crippen molar-refractivity contribution in [2.24, 2.45) is 7.05 Å². The summed E-state index contributed by atoms with van der Waals surface area (Å²) in [5.41, 5.74) is 7.60. The maximum absolute atomic E-state index is 6.03. The summed E-state index contributed by atoms with van der Waals surface area (Å²) in [4.78, 5) is 4.34. The molecule has 2 rings (SSSR count). The van der Waals surface area contributed by atoms with Crippen LogP contribution in [0.1, 0.15) is 24.9 Å². The molecular weight excluding hydrogens is 202 g/mol. The van der Waals surface area contributed by atoms with E-state index in [4.69, 9.17) is 5.73 Å². The predicted molar refractivity (Wildman–Crippen MR) is 63.5 cm³/mol. The largest absolute Gasteiger partial charge is 0.394 e. The highest BCUT2D eigenvalue weighted by atomic mass is 15.3. The molecule has 0 spiro atoms. The number of anilines is 1. The van der Waals surface area contributed by atoms with Gasteiger partial charge in [-0.2, -0.15) is 5.10 Å². The van der Waals surface area contributed by atoms with Gasteiger partial charge in [0.05, 0.1) is 11.4 Å². The fourth-order valence-electron chi connectivity index (χ4n) is 1.88. The molecule has 0 saturated heterocycles. The van der Waals surface area contributed by atoms with Gasteiger partial charge >= 0.3 is 0 Å². The van der Waals surface area contributed by atoms with Crippen molar-refractivity contribution in [2.75, 3.05) is 5.73 Å². The Kier molecular flexibility index (Phi) is 2.68. The first-order chi connectivity index (χ1) is 7.65. The van der Waals surface area contributed by atoms with Crippen molar-refractivity contribution in [3.05, 3.63) is 23.9 Å². The molecule has 5 nitrogen and oxygen atoms in total. The van der Waals surface area contributed by atoms with Gasteiger partial charge in [0, 0.05) is 25.9 Å². The quantitative estimate of drug-likeness (QED) is 0.849. The number of hydrogen-bond acceptors (Lipinski definition) is 3. The SMILES string of the molecule is CCCc1nccn1-c1c(N)c(C)nn1C. The van der Waals surface area contributed by atoms with Crippen LogP contribution in [-0.4, -0.2) is 19.3 Å². The molecule has 2 aromatic rings. The summed E-state index contributed by atoms with van der Waals surface area (Å²) in [6, 6.07) is 0. The first-order valence-corrected chi connectivity index (χ1v) is 5.46. The number of nitrogens with two attached hydrogens (primary N) is 1. The van der Waals surface area contributed by atoms with Crippen molar-refractivity contribution in [1.82, 2.24) is 19.3 Å². The lowest BCUT2D eigenvalue weighted by Crippen LogP contribution is -2.08. The van der Waals surface area contributed by atoms with Gasteiger partial charge in [-0.05, 0) is 13.3 Å². The van der Waals surface area contributed by atoms with Crippen molar-refractivity contribution in [3.63, 3.8) is 0 Å². The minimum atomic E-state index is 0.720. The Labute approximate surface area is 94.9 Å². The van der Waals surface area contributed by atoms with Crippen molar-refractivity contribution >= 4 is 5.69 Å². The van der Waals surface area contributed by atoms with E-state index < -0.39 is 0 Å². The molecule has 0 bridgehead atoms. The van der Waals surface area contributed by atoms with Crippen molar-refractivity contribution in [1.29, 1.82) is 0 Å². The molecule has 5 heteroatoms. The first-order valence-electron chi connectivity index (χ1n) is 5.46. The van der Waals surface area contributed by atoms with Gasteiger partial charge < -0.3 is 5.73 Å². The lowest BCUT2D eigenvalue weighted by Gasteiger charge is -2.08. The topological polar surface area (TPSA) is 61.7 Å². The summed E-state index contributed by atoms with van der Waals surface area (Å²) in [5, 5.41) is 4.31. The van der Waals surface area contributed by atoms with Crippen molar-refractivity contribution in [2.45, 2.75) is 26.7 Å². The summed E-state index contributed by atoms with van der Waals surface area (Å²) in [6.07, 6.45) is 5.73. The van der Waals surface area contributed by atoms with E-state index in [1.165, 1.54) is 0 Å². The summed E-state index contributed by atoms with van der Waals surface area (Å²) in [5.74, 6) is 1.93. The lowest BCUT2D eigenvalue weighted by molar-refractivity contribution is 0.701. The molecule has 0 unspecified atom stereocenters. The summed E-state index contributed by atoms with van der Waals surface area (Å²) >= 11 is 0. The van der Waals surface area contributed by atoms with Gasteiger partial charge in [0.2, 0.25) is 0 Å². The number of hydrogen-bond donors (Lipinski definition) is 1. The van der Waals surface area contributed by atoms with Crippen molar-refractivity contribution in [3.8, 4) is 5.82 Å². The van der Waals surface area contributed by atoms with Crippen LogP contribution in [0.5, 0.6) is 0 Å². The molecule has 0 aliphatic heterocycles. The van der Waals surface area contributed by atoms with E-state index in [2.05, 4.69) is 17.0 Å². The zero-order valence-electron chi connectivity index (χ0n) is 9.94. The van der Waals surface area contributed by atoms with Crippen molar-refractivity contribution < 1.29 is 0 Å². The number of nitrogens with zero attached hydrogens (tertiary/aromatic N) is 4. The van der Waals surface area contributed by atoms with Gasteiger partial charge in [0.15, 0.2) is 5.82 Å². The molecule has 0 fully saturated rings. The number of imidazole rings is 1. The van der Waals surface area contributed by atoms with E-state index in [9.17, 15) is 0 Å². The number of aryl methyl sites for hydroxylation is 3. The van der Waals surface area contributed by atoms with Crippen LogP contribution in [0.2, 0.25) is 0 Å². The van der Waals surface area contributed by atoms with Crippen LogP contribution < -0.4 is 5.73 Å². The molecule has 16 heavy (non-hydrogen) atoms. The van der Waals surface area contributed by atoms with Gasteiger partial charge in [-0.15, -0.1) is 0 Å². The molecular formula is C11H17N5. The summed E-state index contributed by atoms with van der Waals surface area (Å²) in [6.45, 7) is 4.05. The third kappa shape index (κ3) is 1.58. The average molecular weight is 219 g/mol. The molecule has 0 amide bonds. The third-order valence-corrected chi connectivity index (χ3v) is 2.66. The zero-order valence-corrected chi connectivity index (χ0v) is 9.94. The molecule has 86 valence electrons. The van der Waals surface area contributed by atoms with Crippen LogP contribution in [-0.2, 0) is 13.5 Å². The van der Waals surface area contributed by atoms with Crippen LogP contribution in [0.15, 0.2) is 12.4 Å². The second-order valence-electron chi connectivity index (χ2n) is 3.91. The molecule has 2 heterocycles. The van der Waals surface area contributed by atoms with E-state index >= 15 is 0 Å². The van der Waals surface area contributed by atoms with E-state index in [-0.39, 0.29) is 0 Å². The molecule has 0 aromatic carbocycles. The Morgan fingerprint density at radius 3 is 2.75 bits per heavy atom. The molecule has 2 N–H and O–H groups in total. The van der Waals surface area contributed by atoms with E-state index in [0.29, 0.717) is 0 Å². The summed E-state index contributed by atoms with van der Waals surface area (Å²) < 4.78 is 3.81. The number of aromatic nitrogens is 4. The Morgan fingerprint density at radius 2 is 2.19 bits per heavy atom. The Bertz CT molecular complexity index is 494. The monoisotopic (exact) mass is 219 g/mol. The molecule has 0 aliphatic carbocycles. The van der Waals surface area contributed by atoms with Gasteiger partial charge in [-0.1, -0.05) is 6.92 Å². The second kappa shape index (κ2) is 4.00. The summed E-state index contributed by atoms with van der Waals surface area (Å²) in [7, 11) is 1.90. The van der Waals surface area contributed by atoms with Crippen LogP contribution in [0.25, 0.3) is 5.82 Å². The maximum Gasteiger partial charge on any atom is 0.160 e. The van der Waals surface area contributed by atoms with E-state index in [0.717, 1.165) is 35.9 Å². The number of rotatable bonds is 3. The van der Waals surface area contributed by atoms with Crippen LogP contribution in [0.3, 0.4) is 0 Å². The first kappa shape index (κ1) is 10.7. The zero-order chi connectivity index (χ0) is 11.7. The minimum Gasteiger partial charge on any atom is -0.394 e. The highest BCUT2D eigenvalue weighted by molar-refractivity contribution is 5.57. The van der Waals surface area contributed by atoms with Gasteiger partial charge in [-0.25, -0.2) is 9.67 Å². The Hall–Kier alpha value is -1.78. The van der Waals surface area contributed by atoms with E-state index in [1.54, 1.807) is 10.9 Å². The fraction of sp³-hybridized carbons (Fsp3) is 0.455. The van der Waals surface area contributed by atoms with Crippen LogP contribution >= 0.6 is 0 Å². The molecule has 2 aromatic heterocycles. The Balaban J connectivity index is 2.54. The molecule has 0 radical (unpaired) electrons. The minimum absolute atomic E-state index is 0.720. The normalized spacial score (nSPS) is 10.9. The maximum atomic E-state index is 6.03. The molecule has 0 aliphatic rings. The van der Waals surface area contributed by atoms with E-state index in [1.807, 2.05) is 24.7 Å². The third-order valence-electron chi connectivity index (χ3n) is 2.66. The predicted octanol–water partition coefficient (Wildman–Crippen LogP) is 1.45. The Morgan fingerprint density at radius 1 is 1.44 bits per heavy atom. The highest BCUT2D eigenvalue weighted by Gasteiger charge is 2.14. The highest BCUT2D eigenvalue weighted by Crippen LogP contribution is 2.21. The smallest absolute Gasteiger partial charge is 0.160 e. The number of nitrogen functional groups attached to an aromatic ring is 1.